The van der Waals surface area contributed by atoms with Crippen molar-refractivity contribution < 1.29 is 9.47 Å². The lowest BCUT2D eigenvalue weighted by molar-refractivity contribution is -0.0514. The minimum absolute atomic E-state index is 0.402. The average Bonchev–Trinajstić information content (AvgIpc) is 3.27. The normalized spacial score (nSPS) is 24.2. The Hall–Kier alpha value is -3.42. The highest BCUT2D eigenvalue weighted by atomic mass is 16.5. The van der Waals surface area contributed by atoms with Crippen LogP contribution in [0, 0.1) is 5.92 Å². The predicted octanol–water partition coefficient (Wildman–Crippen LogP) is 5.32. The van der Waals surface area contributed by atoms with E-state index in [4.69, 9.17) is 15.2 Å². The van der Waals surface area contributed by atoms with Crippen molar-refractivity contribution in [2.24, 2.45) is 5.92 Å². The summed E-state index contributed by atoms with van der Waals surface area (Å²) in [5, 5.41) is 0.900. The van der Waals surface area contributed by atoms with Crippen LogP contribution in [-0.4, -0.2) is 51.3 Å². The van der Waals surface area contributed by atoms with Crippen LogP contribution in [0.1, 0.15) is 38.3 Å². The summed E-state index contributed by atoms with van der Waals surface area (Å²) in [5.41, 5.74) is 10.5. The second-order valence-electron chi connectivity index (χ2n) is 10.6. The van der Waals surface area contributed by atoms with Crippen molar-refractivity contribution in [3.05, 3.63) is 72.7 Å². The number of hydrogen-bond acceptors (Lipinski definition) is 6. The molecule has 6 rings (SSSR count). The summed E-state index contributed by atoms with van der Waals surface area (Å²) >= 11 is 0. The zero-order valence-corrected chi connectivity index (χ0v) is 21.6. The molecule has 1 saturated heterocycles. The number of para-hydroxylation sites is 1. The molecule has 3 heterocycles. The number of fused-ring (bicyclic) bond motifs is 1. The van der Waals surface area contributed by atoms with E-state index in [-0.39, 0.29) is 0 Å². The van der Waals surface area contributed by atoms with Crippen LogP contribution in [0.15, 0.2) is 67.1 Å². The Labute approximate surface area is 218 Å². The van der Waals surface area contributed by atoms with E-state index in [1.165, 1.54) is 0 Å². The first-order chi connectivity index (χ1) is 18.1. The molecule has 2 aromatic heterocycles. The fraction of sp³-hybridized carbons (Fsp3) is 0.400. The van der Waals surface area contributed by atoms with Crippen LogP contribution in [0.5, 0.6) is 5.75 Å². The van der Waals surface area contributed by atoms with Crippen LogP contribution in [-0.2, 0) is 11.3 Å². The molecular formula is C30H35N5O2. The van der Waals surface area contributed by atoms with Crippen molar-refractivity contribution in [1.82, 2.24) is 19.4 Å². The van der Waals surface area contributed by atoms with Crippen LogP contribution in [0.4, 0.5) is 5.82 Å². The highest BCUT2D eigenvalue weighted by molar-refractivity contribution is 6.01. The molecule has 37 heavy (non-hydrogen) atoms. The Kier molecular flexibility index (Phi) is 6.57. The second-order valence-corrected chi connectivity index (χ2v) is 10.6. The van der Waals surface area contributed by atoms with E-state index in [9.17, 15) is 0 Å². The minimum Gasteiger partial charge on any atom is -0.488 e. The van der Waals surface area contributed by atoms with Gasteiger partial charge in [-0.3, -0.25) is 4.90 Å². The summed E-state index contributed by atoms with van der Waals surface area (Å²) in [6.07, 6.45) is 6.05. The average molecular weight is 498 g/mol. The van der Waals surface area contributed by atoms with E-state index in [2.05, 4.69) is 57.7 Å². The molecule has 2 aliphatic rings. The number of nitrogen functional groups attached to an aromatic ring is 1. The van der Waals surface area contributed by atoms with Crippen LogP contribution < -0.4 is 10.5 Å². The number of rotatable bonds is 7. The molecule has 7 nitrogen and oxygen atoms in total. The first-order valence-corrected chi connectivity index (χ1v) is 13.3. The number of nitrogens with zero attached hydrogens (tertiary/aromatic N) is 4. The van der Waals surface area contributed by atoms with Crippen molar-refractivity contribution in [2.75, 3.05) is 25.5 Å². The quantitative estimate of drug-likeness (QED) is 0.372. The molecule has 0 bridgehead atoms. The maximum Gasteiger partial charge on any atom is 0.146 e. The minimum atomic E-state index is 0.402. The van der Waals surface area contributed by atoms with Gasteiger partial charge in [-0.15, -0.1) is 0 Å². The Balaban J connectivity index is 1.26. The Morgan fingerprint density at radius 1 is 0.946 bits per heavy atom. The summed E-state index contributed by atoms with van der Waals surface area (Å²) in [6.45, 7) is 7.83. The lowest BCUT2D eigenvalue weighted by Gasteiger charge is -2.45. The van der Waals surface area contributed by atoms with E-state index in [1.807, 2.05) is 36.4 Å². The molecule has 7 heteroatoms. The highest BCUT2D eigenvalue weighted by Crippen LogP contribution is 2.45. The van der Waals surface area contributed by atoms with Gasteiger partial charge in [-0.1, -0.05) is 48.5 Å². The number of hydrogen-bond donors (Lipinski definition) is 1. The molecule has 0 radical (unpaired) electrons. The van der Waals surface area contributed by atoms with Gasteiger partial charge in [0, 0.05) is 42.0 Å². The molecule has 192 valence electrons. The predicted molar refractivity (Wildman–Crippen MR) is 146 cm³/mol. The van der Waals surface area contributed by atoms with Gasteiger partial charge >= 0.3 is 0 Å². The number of ether oxygens (including phenoxy) is 2. The standard InChI is InChI=1S/C30H35N5O2/c1-20-16-36-17-21(2)34(20)14-23-12-24(13-23)35-15-26(28-29(31)32-19-33-30(28)35)25-10-6-7-11-27(25)37-18-22-8-4-3-5-9-22/h3-11,15,19-21,23-24H,12-14,16-18H2,1-2H3,(H2,31,32,33). The molecular weight excluding hydrogens is 462 g/mol. The van der Waals surface area contributed by atoms with E-state index >= 15 is 0 Å². The monoisotopic (exact) mass is 497 g/mol. The third kappa shape index (κ3) is 4.69. The molecule has 0 amide bonds. The first kappa shape index (κ1) is 23.9. The molecule has 1 saturated carbocycles. The van der Waals surface area contributed by atoms with Crippen molar-refractivity contribution >= 4 is 16.9 Å². The van der Waals surface area contributed by atoms with Gasteiger partial charge in [-0.05, 0) is 44.2 Å². The van der Waals surface area contributed by atoms with Gasteiger partial charge in [0.2, 0.25) is 0 Å². The number of anilines is 1. The maximum absolute atomic E-state index is 6.44. The Morgan fingerprint density at radius 2 is 1.68 bits per heavy atom. The number of nitrogens with two attached hydrogens (primary N) is 1. The lowest BCUT2D eigenvalue weighted by Crippen LogP contribution is -2.52. The third-order valence-corrected chi connectivity index (χ3v) is 7.98. The molecule has 4 aromatic rings. The van der Waals surface area contributed by atoms with Gasteiger partial charge in [-0.25, -0.2) is 9.97 Å². The first-order valence-electron chi connectivity index (χ1n) is 13.3. The largest absolute Gasteiger partial charge is 0.488 e. The number of aromatic nitrogens is 3. The van der Waals surface area contributed by atoms with Gasteiger partial charge in [0.25, 0.3) is 0 Å². The van der Waals surface area contributed by atoms with Crippen LogP contribution >= 0.6 is 0 Å². The SMILES string of the molecule is CC1COCC(C)N1CC1CC(n2cc(-c3ccccc3OCc3ccccc3)c3c(N)ncnc32)C1. The maximum atomic E-state index is 6.44. The van der Waals surface area contributed by atoms with Crippen molar-refractivity contribution in [3.8, 4) is 16.9 Å². The van der Waals surface area contributed by atoms with E-state index in [0.29, 0.717) is 36.5 Å². The number of benzene rings is 2. The fourth-order valence-corrected chi connectivity index (χ4v) is 5.91. The molecule has 1 aliphatic carbocycles. The summed E-state index contributed by atoms with van der Waals surface area (Å²) < 4.78 is 14.3. The zero-order chi connectivity index (χ0) is 25.4. The summed E-state index contributed by atoms with van der Waals surface area (Å²) in [5.74, 6) is 2.01. The molecule has 0 spiro atoms. The zero-order valence-electron chi connectivity index (χ0n) is 21.6. The van der Waals surface area contributed by atoms with Crippen molar-refractivity contribution in [2.45, 2.75) is 51.4 Å². The number of morpholine rings is 1. The van der Waals surface area contributed by atoms with Crippen LogP contribution in [0.2, 0.25) is 0 Å². The lowest BCUT2D eigenvalue weighted by atomic mass is 9.79. The molecule has 1 aliphatic heterocycles. The van der Waals surface area contributed by atoms with Crippen molar-refractivity contribution in [1.29, 1.82) is 0 Å². The Morgan fingerprint density at radius 3 is 2.46 bits per heavy atom. The van der Waals surface area contributed by atoms with E-state index < -0.39 is 0 Å². The summed E-state index contributed by atoms with van der Waals surface area (Å²) in [7, 11) is 0. The second kappa shape index (κ2) is 10.1. The molecule has 2 fully saturated rings. The van der Waals surface area contributed by atoms with Crippen LogP contribution in [0.3, 0.4) is 0 Å². The van der Waals surface area contributed by atoms with E-state index in [0.717, 1.165) is 66.1 Å². The molecule has 2 unspecified atom stereocenters. The fourth-order valence-electron chi connectivity index (χ4n) is 5.91. The summed E-state index contributed by atoms with van der Waals surface area (Å²) in [4.78, 5) is 11.6. The smallest absolute Gasteiger partial charge is 0.146 e. The van der Waals surface area contributed by atoms with Crippen LogP contribution in [0.25, 0.3) is 22.2 Å². The van der Waals surface area contributed by atoms with Gasteiger partial charge in [0.15, 0.2) is 0 Å². The Bertz CT molecular complexity index is 1360. The van der Waals surface area contributed by atoms with Gasteiger partial charge in [0.05, 0.1) is 18.6 Å². The molecule has 2 N–H and O–H groups in total. The van der Waals surface area contributed by atoms with Gasteiger partial charge < -0.3 is 19.8 Å². The van der Waals surface area contributed by atoms with E-state index in [1.54, 1.807) is 6.33 Å². The molecule has 2 atom stereocenters. The third-order valence-electron chi connectivity index (χ3n) is 7.98. The molecule has 2 aromatic carbocycles. The topological polar surface area (TPSA) is 78.4 Å². The van der Waals surface area contributed by atoms with Gasteiger partial charge in [-0.2, -0.15) is 0 Å². The van der Waals surface area contributed by atoms with Crippen molar-refractivity contribution in [3.63, 3.8) is 0 Å². The highest BCUT2D eigenvalue weighted by Gasteiger charge is 2.36. The summed E-state index contributed by atoms with van der Waals surface area (Å²) in [6, 6.07) is 19.7. The van der Waals surface area contributed by atoms with Gasteiger partial charge in [0.1, 0.15) is 30.1 Å².